The topological polar surface area (TPSA) is 52.6 Å². The van der Waals surface area contributed by atoms with Crippen molar-refractivity contribution in [3.8, 4) is 0 Å². The van der Waals surface area contributed by atoms with Gasteiger partial charge in [0.15, 0.2) is 0 Å². The number of anilines is 1. The van der Waals surface area contributed by atoms with Crippen molar-refractivity contribution in [2.75, 3.05) is 11.6 Å². The van der Waals surface area contributed by atoms with Crippen LogP contribution >= 0.6 is 0 Å². The standard InChI is InChI=1S/C11H14N2O2/c1-8(14)10-7-12-13(11(10)15)9-5-3-2-4-6-9/h2-6,8,10,12,14H,7H2,1H3. The van der Waals surface area contributed by atoms with E-state index in [1.807, 2.05) is 30.3 Å². The minimum Gasteiger partial charge on any atom is -0.393 e. The Kier molecular flexibility index (Phi) is 2.70. The van der Waals surface area contributed by atoms with E-state index in [0.717, 1.165) is 5.69 Å². The molecule has 4 heteroatoms. The van der Waals surface area contributed by atoms with Crippen LogP contribution in [0.1, 0.15) is 6.92 Å². The fourth-order valence-corrected chi connectivity index (χ4v) is 1.69. The van der Waals surface area contributed by atoms with Gasteiger partial charge in [-0.2, -0.15) is 0 Å². The number of rotatable bonds is 2. The summed E-state index contributed by atoms with van der Waals surface area (Å²) in [6.45, 7) is 2.13. The second-order valence-electron chi connectivity index (χ2n) is 3.72. The summed E-state index contributed by atoms with van der Waals surface area (Å²) in [4.78, 5) is 11.9. The summed E-state index contributed by atoms with van der Waals surface area (Å²) in [6, 6.07) is 9.36. The number of nitrogens with one attached hydrogen (secondary N) is 1. The Labute approximate surface area is 88.5 Å². The first-order valence-corrected chi connectivity index (χ1v) is 5.00. The second kappa shape index (κ2) is 4.00. The van der Waals surface area contributed by atoms with Crippen molar-refractivity contribution in [3.05, 3.63) is 30.3 Å². The lowest BCUT2D eigenvalue weighted by atomic mass is 10.0. The molecule has 1 aromatic carbocycles. The van der Waals surface area contributed by atoms with Crippen LogP contribution in [0.5, 0.6) is 0 Å². The molecule has 2 N–H and O–H groups in total. The molecule has 4 nitrogen and oxygen atoms in total. The molecule has 0 aliphatic carbocycles. The first-order chi connectivity index (χ1) is 7.20. The highest BCUT2D eigenvalue weighted by molar-refractivity contribution is 5.96. The molecule has 2 unspecified atom stereocenters. The van der Waals surface area contributed by atoms with Crippen molar-refractivity contribution >= 4 is 11.6 Å². The molecular weight excluding hydrogens is 192 g/mol. The summed E-state index contributed by atoms with van der Waals surface area (Å²) < 4.78 is 0. The van der Waals surface area contributed by atoms with E-state index in [1.54, 1.807) is 6.92 Å². The van der Waals surface area contributed by atoms with Crippen molar-refractivity contribution in [3.63, 3.8) is 0 Å². The molecule has 0 bridgehead atoms. The summed E-state index contributed by atoms with van der Waals surface area (Å²) in [5.74, 6) is -0.415. The molecule has 1 fully saturated rings. The fourth-order valence-electron chi connectivity index (χ4n) is 1.69. The normalized spacial score (nSPS) is 23.2. The first kappa shape index (κ1) is 10.1. The molecule has 0 saturated carbocycles. The maximum absolute atomic E-state index is 11.9. The number of nitrogens with zero attached hydrogens (tertiary/aromatic N) is 1. The number of amides is 1. The van der Waals surface area contributed by atoms with E-state index in [9.17, 15) is 9.90 Å². The average Bonchev–Trinajstić information content (AvgIpc) is 2.61. The maximum atomic E-state index is 11.9. The van der Waals surface area contributed by atoms with Gasteiger partial charge in [-0.25, -0.2) is 10.4 Å². The van der Waals surface area contributed by atoms with Crippen molar-refractivity contribution in [1.29, 1.82) is 0 Å². The third-order valence-electron chi connectivity index (χ3n) is 2.60. The van der Waals surface area contributed by atoms with Gasteiger partial charge in [-0.3, -0.25) is 4.79 Å². The van der Waals surface area contributed by atoms with Gasteiger partial charge < -0.3 is 5.11 Å². The molecule has 0 spiro atoms. The molecular formula is C11H14N2O2. The van der Waals surface area contributed by atoms with Gasteiger partial charge in [0.25, 0.3) is 0 Å². The average molecular weight is 206 g/mol. The summed E-state index contributed by atoms with van der Waals surface area (Å²) >= 11 is 0. The van der Waals surface area contributed by atoms with Crippen LogP contribution in [0.4, 0.5) is 5.69 Å². The van der Waals surface area contributed by atoms with Crippen LogP contribution in [-0.2, 0) is 4.79 Å². The molecule has 2 rings (SSSR count). The monoisotopic (exact) mass is 206 g/mol. The third kappa shape index (κ3) is 1.86. The van der Waals surface area contributed by atoms with E-state index in [-0.39, 0.29) is 11.8 Å². The summed E-state index contributed by atoms with van der Waals surface area (Å²) in [6.07, 6.45) is -0.612. The molecule has 0 aromatic heterocycles. The van der Waals surface area contributed by atoms with E-state index in [2.05, 4.69) is 5.43 Å². The van der Waals surface area contributed by atoms with Crippen LogP contribution in [-0.4, -0.2) is 23.7 Å². The molecule has 15 heavy (non-hydrogen) atoms. The number of carbonyl (C=O) groups excluding carboxylic acids is 1. The Morgan fingerprint density at radius 3 is 2.67 bits per heavy atom. The van der Waals surface area contributed by atoms with E-state index in [1.165, 1.54) is 5.01 Å². The highest BCUT2D eigenvalue weighted by Crippen LogP contribution is 2.20. The summed E-state index contributed by atoms with van der Waals surface area (Å²) in [5, 5.41) is 10.9. The van der Waals surface area contributed by atoms with Crippen LogP contribution in [0, 0.1) is 5.92 Å². The number of benzene rings is 1. The number of aliphatic hydroxyl groups excluding tert-OH is 1. The van der Waals surface area contributed by atoms with Gasteiger partial charge in [0.1, 0.15) is 0 Å². The Balaban J connectivity index is 2.18. The molecule has 2 atom stereocenters. The number of carbonyl (C=O) groups is 1. The van der Waals surface area contributed by atoms with Crippen LogP contribution in [0.2, 0.25) is 0 Å². The number of hydrazine groups is 1. The number of hydrogen-bond acceptors (Lipinski definition) is 3. The van der Waals surface area contributed by atoms with Gasteiger partial charge in [-0.15, -0.1) is 0 Å². The van der Waals surface area contributed by atoms with Crippen molar-refractivity contribution in [1.82, 2.24) is 5.43 Å². The number of hydrogen-bond donors (Lipinski definition) is 2. The van der Waals surface area contributed by atoms with E-state index in [4.69, 9.17) is 0 Å². The van der Waals surface area contributed by atoms with Crippen molar-refractivity contribution in [2.24, 2.45) is 5.92 Å². The zero-order chi connectivity index (χ0) is 10.8. The number of para-hydroxylation sites is 1. The first-order valence-electron chi connectivity index (χ1n) is 5.00. The third-order valence-corrected chi connectivity index (χ3v) is 2.60. The number of aliphatic hydroxyl groups is 1. The zero-order valence-corrected chi connectivity index (χ0v) is 8.55. The largest absolute Gasteiger partial charge is 0.393 e. The minimum atomic E-state index is -0.612. The lowest BCUT2D eigenvalue weighted by molar-refractivity contribution is -0.122. The van der Waals surface area contributed by atoms with Gasteiger partial charge in [0, 0.05) is 6.54 Å². The molecule has 80 valence electrons. The zero-order valence-electron chi connectivity index (χ0n) is 8.55. The smallest absolute Gasteiger partial charge is 0.248 e. The van der Waals surface area contributed by atoms with Gasteiger partial charge in [-0.05, 0) is 19.1 Å². The van der Waals surface area contributed by atoms with Crippen LogP contribution in [0.15, 0.2) is 30.3 Å². The molecule has 1 aromatic rings. The highest BCUT2D eigenvalue weighted by atomic mass is 16.3. The molecule has 1 heterocycles. The van der Waals surface area contributed by atoms with Gasteiger partial charge >= 0.3 is 0 Å². The maximum Gasteiger partial charge on any atom is 0.248 e. The predicted molar refractivity (Wildman–Crippen MR) is 57.1 cm³/mol. The van der Waals surface area contributed by atoms with Gasteiger partial charge in [0.2, 0.25) is 5.91 Å². The quantitative estimate of drug-likeness (QED) is 0.742. The van der Waals surface area contributed by atoms with Gasteiger partial charge in [-0.1, -0.05) is 18.2 Å². The lowest BCUT2D eigenvalue weighted by Crippen LogP contribution is -2.35. The molecule has 1 aliphatic rings. The molecule has 1 saturated heterocycles. The molecule has 0 radical (unpaired) electrons. The van der Waals surface area contributed by atoms with Crippen molar-refractivity contribution in [2.45, 2.75) is 13.0 Å². The van der Waals surface area contributed by atoms with E-state index < -0.39 is 6.10 Å². The SMILES string of the molecule is CC(O)C1CNN(c2ccccc2)C1=O. The van der Waals surface area contributed by atoms with E-state index in [0.29, 0.717) is 6.54 Å². The Morgan fingerprint density at radius 2 is 2.13 bits per heavy atom. The predicted octanol–water partition coefficient (Wildman–Crippen LogP) is 0.535. The van der Waals surface area contributed by atoms with Crippen LogP contribution in [0.25, 0.3) is 0 Å². The summed E-state index contributed by atoms with van der Waals surface area (Å²) in [7, 11) is 0. The molecule has 1 aliphatic heterocycles. The Morgan fingerprint density at radius 1 is 1.47 bits per heavy atom. The Hall–Kier alpha value is -1.39. The van der Waals surface area contributed by atoms with Crippen LogP contribution < -0.4 is 10.4 Å². The lowest BCUT2D eigenvalue weighted by Gasteiger charge is -2.16. The highest BCUT2D eigenvalue weighted by Gasteiger charge is 2.35. The van der Waals surface area contributed by atoms with Crippen LogP contribution in [0.3, 0.4) is 0 Å². The van der Waals surface area contributed by atoms with Gasteiger partial charge in [0.05, 0.1) is 17.7 Å². The van der Waals surface area contributed by atoms with Crippen molar-refractivity contribution < 1.29 is 9.90 Å². The van der Waals surface area contributed by atoms with E-state index >= 15 is 0 Å². The Bertz CT molecular complexity index is 351. The molecule has 1 amide bonds. The second-order valence-corrected chi connectivity index (χ2v) is 3.72. The minimum absolute atomic E-state index is 0.0730. The fraction of sp³-hybridized carbons (Fsp3) is 0.364. The summed E-state index contributed by atoms with van der Waals surface area (Å²) in [5.41, 5.74) is 3.79.